The molecule has 0 amide bonds. The van der Waals surface area contributed by atoms with Crippen LogP contribution in [0, 0.1) is 3.57 Å². The highest BCUT2D eigenvalue weighted by Gasteiger charge is 2.16. The molecule has 0 fully saturated rings. The Bertz CT molecular complexity index is 320. The Hall–Kier alpha value is -0.500. The third-order valence-electron chi connectivity index (χ3n) is 1.55. The summed E-state index contributed by atoms with van der Waals surface area (Å²) in [6, 6.07) is 0. The zero-order chi connectivity index (χ0) is 10.0. The molecule has 0 bridgehead atoms. The molecule has 72 valence electrons. The van der Waals surface area contributed by atoms with E-state index in [9.17, 15) is 8.78 Å². The van der Waals surface area contributed by atoms with Crippen molar-refractivity contribution in [3.05, 3.63) is 21.0 Å². The first-order chi connectivity index (χ1) is 6.07. The van der Waals surface area contributed by atoms with Crippen LogP contribution in [0.5, 0.6) is 0 Å². The fourth-order valence-electron chi connectivity index (χ4n) is 0.834. The number of rotatable bonds is 2. The molecule has 1 aromatic heterocycles. The van der Waals surface area contributed by atoms with Crippen LogP contribution in [0.4, 0.5) is 14.5 Å². The number of hydrogen-bond acceptors (Lipinski definition) is 3. The number of nitrogens with zero attached hydrogens (tertiary/aromatic N) is 1. The Labute approximate surface area is 87.1 Å². The molecule has 0 aliphatic heterocycles. The maximum Gasteiger partial charge on any atom is 0.266 e. The molecule has 0 saturated heterocycles. The largest absolute Gasteiger partial charge is 0.396 e. The van der Waals surface area contributed by atoms with Crippen LogP contribution in [-0.2, 0) is 6.61 Å². The number of aromatic nitrogens is 1. The summed E-state index contributed by atoms with van der Waals surface area (Å²) in [6.45, 7) is -0.342. The Morgan fingerprint density at radius 3 is 2.69 bits per heavy atom. The van der Waals surface area contributed by atoms with Gasteiger partial charge in [0.1, 0.15) is 0 Å². The predicted octanol–water partition coefficient (Wildman–Crippen LogP) is 1.70. The maximum atomic E-state index is 12.3. The van der Waals surface area contributed by atoms with E-state index in [0.717, 1.165) is 6.20 Å². The number of nitrogens with two attached hydrogens (primary N) is 1. The van der Waals surface area contributed by atoms with Crippen molar-refractivity contribution in [3.8, 4) is 0 Å². The van der Waals surface area contributed by atoms with Crippen LogP contribution in [0.1, 0.15) is 17.7 Å². The Balaban J connectivity index is 3.23. The zero-order valence-corrected chi connectivity index (χ0v) is 8.62. The van der Waals surface area contributed by atoms with Gasteiger partial charge in [-0.05, 0) is 22.6 Å². The van der Waals surface area contributed by atoms with E-state index in [1.165, 1.54) is 0 Å². The van der Waals surface area contributed by atoms with E-state index in [4.69, 9.17) is 10.8 Å². The molecule has 0 atom stereocenters. The second-order valence-electron chi connectivity index (χ2n) is 2.35. The Kier molecular flexibility index (Phi) is 3.37. The number of aliphatic hydroxyl groups excluding tert-OH is 1. The zero-order valence-electron chi connectivity index (χ0n) is 6.47. The lowest BCUT2D eigenvalue weighted by molar-refractivity contribution is 0.150. The predicted molar refractivity (Wildman–Crippen MR) is 52.2 cm³/mol. The van der Waals surface area contributed by atoms with Gasteiger partial charge in [0.25, 0.3) is 6.43 Å². The van der Waals surface area contributed by atoms with Crippen molar-refractivity contribution in [2.45, 2.75) is 13.0 Å². The van der Waals surface area contributed by atoms with Gasteiger partial charge < -0.3 is 10.8 Å². The SMILES string of the molecule is Nc1c(CO)ncc(C(F)F)c1I. The number of aliphatic hydroxyl groups is 1. The molecular weight excluding hydrogens is 293 g/mol. The van der Waals surface area contributed by atoms with Crippen LogP contribution < -0.4 is 5.73 Å². The van der Waals surface area contributed by atoms with Gasteiger partial charge in [0.2, 0.25) is 0 Å². The standard InChI is InChI=1S/C7H7F2IN2O/c8-7(9)3-1-12-4(2-13)6(11)5(3)10/h1,7,13H,2,11H2. The number of hydrogen-bond donors (Lipinski definition) is 2. The number of alkyl halides is 2. The summed E-state index contributed by atoms with van der Waals surface area (Å²) >= 11 is 1.71. The monoisotopic (exact) mass is 300 g/mol. The van der Waals surface area contributed by atoms with Crippen LogP contribution in [0.2, 0.25) is 0 Å². The quantitative estimate of drug-likeness (QED) is 0.817. The van der Waals surface area contributed by atoms with Crippen molar-refractivity contribution in [3.63, 3.8) is 0 Å². The molecule has 0 unspecified atom stereocenters. The summed E-state index contributed by atoms with van der Waals surface area (Å²) in [4.78, 5) is 3.62. The van der Waals surface area contributed by atoms with E-state index in [1.54, 1.807) is 22.6 Å². The van der Waals surface area contributed by atoms with E-state index >= 15 is 0 Å². The fraction of sp³-hybridized carbons (Fsp3) is 0.286. The second-order valence-corrected chi connectivity index (χ2v) is 3.43. The summed E-state index contributed by atoms with van der Waals surface area (Å²) in [5.41, 5.74) is 5.63. The van der Waals surface area contributed by atoms with Crippen LogP contribution >= 0.6 is 22.6 Å². The fourth-order valence-corrected chi connectivity index (χ4v) is 1.52. The van der Waals surface area contributed by atoms with Gasteiger partial charge in [0, 0.05) is 9.77 Å². The highest BCUT2D eigenvalue weighted by Crippen LogP contribution is 2.28. The number of anilines is 1. The van der Waals surface area contributed by atoms with Crippen LogP contribution in [0.3, 0.4) is 0 Å². The van der Waals surface area contributed by atoms with E-state index in [0.29, 0.717) is 0 Å². The molecule has 0 aromatic carbocycles. The minimum absolute atomic E-state index is 0.126. The molecular formula is C7H7F2IN2O. The summed E-state index contributed by atoms with van der Waals surface area (Å²) in [6.07, 6.45) is -1.55. The minimum Gasteiger partial charge on any atom is -0.396 e. The molecule has 0 aliphatic rings. The van der Waals surface area contributed by atoms with Gasteiger partial charge >= 0.3 is 0 Å². The average Bonchev–Trinajstić information content (AvgIpc) is 2.09. The highest BCUT2D eigenvalue weighted by atomic mass is 127. The van der Waals surface area contributed by atoms with Gasteiger partial charge in [-0.2, -0.15) is 0 Å². The van der Waals surface area contributed by atoms with Crippen molar-refractivity contribution in [1.29, 1.82) is 0 Å². The molecule has 0 saturated carbocycles. The lowest BCUT2D eigenvalue weighted by Crippen LogP contribution is -2.04. The Morgan fingerprint density at radius 1 is 1.62 bits per heavy atom. The van der Waals surface area contributed by atoms with Crippen LogP contribution in [-0.4, -0.2) is 10.1 Å². The van der Waals surface area contributed by atoms with Crippen molar-refractivity contribution in [2.75, 3.05) is 5.73 Å². The highest BCUT2D eigenvalue weighted by molar-refractivity contribution is 14.1. The van der Waals surface area contributed by atoms with E-state index < -0.39 is 6.43 Å². The molecule has 0 aliphatic carbocycles. The normalized spacial score (nSPS) is 10.8. The minimum atomic E-state index is -2.59. The molecule has 0 spiro atoms. The number of pyridine rings is 1. The molecule has 1 heterocycles. The maximum absolute atomic E-state index is 12.3. The number of halogens is 3. The number of nitrogen functional groups attached to an aromatic ring is 1. The second kappa shape index (κ2) is 4.14. The van der Waals surface area contributed by atoms with Gasteiger partial charge in [0.05, 0.1) is 23.6 Å². The van der Waals surface area contributed by atoms with Crippen LogP contribution in [0.25, 0.3) is 0 Å². The molecule has 3 N–H and O–H groups in total. The average molecular weight is 300 g/mol. The first kappa shape index (κ1) is 10.6. The summed E-state index contributed by atoms with van der Waals surface area (Å²) in [7, 11) is 0. The third-order valence-corrected chi connectivity index (χ3v) is 2.75. The van der Waals surface area contributed by atoms with E-state index in [1.807, 2.05) is 0 Å². The van der Waals surface area contributed by atoms with Crippen molar-refractivity contribution < 1.29 is 13.9 Å². The summed E-state index contributed by atoms with van der Waals surface area (Å²) < 4.78 is 24.8. The van der Waals surface area contributed by atoms with Crippen molar-refractivity contribution in [1.82, 2.24) is 4.98 Å². The Morgan fingerprint density at radius 2 is 2.23 bits per heavy atom. The first-order valence-electron chi connectivity index (χ1n) is 3.39. The summed E-state index contributed by atoms with van der Waals surface area (Å²) in [5, 5.41) is 8.74. The van der Waals surface area contributed by atoms with Gasteiger partial charge in [0.15, 0.2) is 0 Å². The molecule has 0 radical (unpaired) electrons. The molecule has 1 rings (SSSR count). The lowest BCUT2D eigenvalue weighted by atomic mass is 10.2. The van der Waals surface area contributed by atoms with Gasteiger partial charge in [-0.25, -0.2) is 8.78 Å². The van der Waals surface area contributed by atoms with Gasteiger partial charge in [-0.3, -0.25) is 4.98 Å². The smallest absolute Gasteiger partial charge is 0.266 e. The van der Waals surface area contributed by atoms with Crippen LogP contribution in [0.15, 0.2) is 6.20 Å². The molecule has 3 nitrogen and oxygen atoms in total. The topological polar surface area (TPSA) is 59.1 Å². The molecule has 1 aromatic rings. The van der Waals surface area contributed by atoms with E-state index in [-0.39, 0.29) is 27.1 Å². The van der Waals surface area contributed by atoms with Gasteiger partial charge in [-0.1, -0.05) is 0 Å². The summed E-state index contributed by atoms with van der Waals surface area (Å²) in [5.74, 6) is 0. The van der Waals surface area contributed by atoms with Crippen molar-refractivity contribution in [2.24, 2.45) is 0 Å². The molecule has 6 heteroatoms. The molecule has 13 heavy (non-hydrogen) atoms. The first-order valence-corrected chi connectivity index (χ1v) is 4.47. The van der Waals surface area contributed by atoms with E-state index in [2.05, 4.69) is 4.98 Å². The third kappa shape index (κ3) is 2.05. The van der Waals surface area contributed by atoms with Gasteiger partial charge in [-0.15, -0.1) is 0 Å². The lowest BCUT2D eigenvalue weighted by Gasteiger charge is -2.08. The van der Waals surface area contributed by atoms with Crippen molar-refractivity contribution >= 4 is 28.3 Å².